The highest BCUT2D eigenvalue weighted by atomic mass is 16.5. The molecule has 0 fully saturated rings. The van der Waals surface area contributed by atoms with Crippen molar-refractivity contribution in [1.82, 2.24) is 5.17 Å². The monoisotopic (exact) mass is 150 g/mol. The van der Waals surface area contributed by atoms with Crippen molar-refractivity contribution in [3.8, 4) is 0 Å². The Kier molecular flexibility index (Phi) is 3.89. The topological polar surface area (TPSA) is 96.0 Å². The molecule has 0 rings (SSSR count). The van der Waals surface area contributed by atoms with Crippen LogP contribution in [0.1, 0.15) is 0 Å². The van der Waals surface area contributed by atoms with Gasteiger partial charge in [0.05, 0.1) is 13.7 Å². The van der Waals surface area contributed by atoms with Gasteiger partial charge in [-0.05, 0) is 0 Å². The zero-order valence-electron chi connectivity index (χ0n) is 5.52. The van der Waals surface area contributed by atoms with Crippen LogP contribution in [0.25, 0.3) is 0 Å². The van der Waals surface area contributed by atoms with E-state index in [1.54, 1.807) is 0 Å². The molecule has 0 aliphatic carbocycles. The third-order valence-electron chi connectivity index (χ3n) is 0.833. The number of carbonyl (C=O) groups excluding carboxylic acids is 1. The predicted octanol–water partition coefficient (Wildman–Crippen LogP) is -1.91. The molecule has 0 spiro atoms. The van der Waals surface area contributed by atoms with E-state index >= 15 is 0 Å². The molecule has 0 aromatic carbocycles. The summed E-state index contributed by atoms with van der Waals surface area (Å²) in [5.41, 5.74) is 0. The zero-order chi connectivity index (χ0) is 8.15. The van der Waals surface area contributed by atoms with Crippen molar-refractivity contribution in [1.29, 1.82) is 0 Å². The van der Waals surface area contributed by atoms with Crippen LogP contribution in [0.2, 0.25) is 0 Å². The number of nitrogens with zero attached hydrogens (tertiary/aromatic N) is 1. The number of esters is 1. The number of aliphatic hydroxyl groups excluding tert-OH is 1. The summed E-state index contributed by atoms with van der Waals surface area (Å²) in [5.74, 6) is 3.88. The molecule has 1 unspecified atom stereocenters. The third-order valence-corrected chi connectivity index (χ3v) is 0.833. The average molecular weight is 150 g/mol. The van der Waals surface area contributed by atoms with Gasteiger partial charge < -0.3 is 9.84 Å². The summed E-state index contributed by atoms with van der Waals surface area (Å²) in [5, 5.41) is 17.3. The van der Waals surface area contributed by atoms with Crippen molar-refractivity contribution < 1.29 is 19.8 Å². The highest BCUT2D eigenvalue weighted by Gasteiger charge is 2.16. The van der Waals surface area contributed by atoms with E-state index in [1.807, 2.05) is 0 Å². The Hall–Kier alpha value is -0.690. The normalized spacial score (nSPS) is 13.3. The van der Waals surface area contributed by atoms with Crippen LogP contribution in [0.4, 0.5) is 0 Å². The van der Waals surface area contributed by atoms with Crippen molar-refractivity contribution in [3.05, 3.63) is 0 Å². The molecule has 60 valence electrons. The summed E-state index contributed by atoms with van der Waals surface area (Å²) in [6.07, 6.45) is -1.40. The lowest BCUT2D eigenvalue weighted by Gasteiger charge is -2.11. The van der Waals surface area contributed by atoms with Crippen LogP contribution in [0, 0.1) is 0 Å². The Balaban J connectivity index is 3.61. The minimum absolute atomic E-state index is 0.210. The Morgan fingerprint density at radius 1 is 1.90 bits per heavy atom. The number of nitrogens with two attached hydrogens (primary N) is 1. The Labute approximate surface area is 57.7 Å². The van der Waals surface area contributed by atoms with Crippen LogP contribution >= 0.6 is 0 Å². The molecule has 0 heterocycles. The first-order valence-corrected chi connectivity index (χ1v) is 2.55. The molecule has 0 amide bonds. The van der Waals surface area contributed by atoms with Crippen LogP contribution in [0.15, 0.2) is 0 Å². The van der Waals surface area contributed by atoms with Gasteiger partial charge in [-0.15, -0.1) is 5.17 Å². The SMILES string of the molecule is COC(=O)C(O)CN(N)O. The second-order valence-electron chi connectivity index (χ2n) is 1.66. The second kappa shape index (κ2) is 4.18. The summed E-state index contributed by atoms with van der Waals surface area (Å²) in [6, 6.07) is 0. The molecule has 6 nitrogen and oxygen atoms in total. The molecule has 0 aliphatic heterocycles. The number of aliphatic hydroxyl groups is 1. The Bertz CT molecular complexity index is 116. The van der Waals surface area contributed by atoms with Gasteiger partial charge in [0.25, 0.3) is 0 Å². The van der Waals surface area contributed by atoms with Crippen LogP contribution in [-0.4, -0.2) is 41.2 Å². The van der Waals surface area contributed by atoms with Crippen molar-refractivity contribution in [3.63, 3.8) is 0 Å². The van der Waals surface area contributed by atoms with E-state index in [1.165, 1.54) is 0 Å². The smallest absolute Gasteiger partial charge is 0.336 e. The Morgan fingerprint density at radius 2 is 2.40 bits per heavy atom. The molecule has 0 aliphatic rings. The first-order valence-electron chi connectivity index (χ1n) is 2.55. The fourth-order valence-electron chi connectivity index (χ4n) is 0.388. The van der Waals surface area contributed by atoms with Crippen molar-refractivity contribution >= 4 is 5.97 Å². The number of rotatable bonds is 3. The maximum Gasteiger partial charge on any atom is 0.336 e. The molecule has 0 aromatic heterocycles. The lowest BCUT2D eigenvalue weighted by atomic mass is 10.4. The molecular formula is C4H10N2O4. The molecule has 0 saturated heterocycles. The second-order valence-corrected chi connectivity index (χ2v) is 1.66. The van der Waals surface area contributed by atoms with Gasteiger partial charge >= 0.3 is 5.97 Å². The maximum absolute atomic E-state index is 10.4. The highest BCUT2D eigenvalue weighted by molar-refractivity contribution is 5.74. The summed E-state index contributed by atoms with van der Waals surface area (Å²) >= 11 is 0. The van der Waals surface area contributed by atoms with E-state index in [2.05, 4.69) is 4.74 Å². The van der Waals surface area contributed by atoms with Gasteiger partial charge in [-0.3, -0.25) is 5.21 Å². The number of methoxy groups -OCH3 is 1. The highest BCUT2D eigenvalue weighted by Crippen LogP contribution is 1.86. The van der Waals surface area contributed by atoms with Gasteiger partial charge in [0.15, 0.2) is 6.10 Å². The van der Waals surface area contributed by atoms with Crippen LogP contribution in [-0.2, 0) is 9.53 Å². The first-order chi connectivity index (χ1) is 4.57. The van der Waals surface area contributed by atoms with Crippen molar-refractivity contribution in [2.24, 2.45) is 5.84 Å². The summed E-state index contributed by atoms with van der Waals surface area (Å²) in [6.45, 7) is -0.368. The zero-order valence-corrected chi connectivity index (χ0v) is 5.52. The number of hydroxylamine groups is 1. The third kappa shape index (κ3) is 3.36. The molecule has 0 aromatic rings. The van der Waals surface area contributed by atoms with Gasteiger partial charge in [-0.25, -0.2) is 10.6 Å². The molecule has 0 radical (unpaired) electrons. The van der Waals surface area contributed by atoms with E-state index in [4.69, 9.17) is 16.2 Å². The van der Waals surface area contributed by atoms with E-state index in [-0.39, 0.29) is 11.7 Å². The quantitative estimate of drug-likeness (QED) is 0.247. The lowest BCUT2D eigenvalue weighted by Crippen LogP contribution is -2.39. The first kappa shape index (κ1) is 9.31. The molecule has 6 heteroatoms. The van der Waals surface area contributed by atoms with Crippen LogP contribution in [0.3, 0.4) is 0 Å². The number of hydrogen-bond acceptors (Lipinski definition) is 6. The average Bonchev–Trinajstić information content (AvgIpc) is 1.85. The van der Waals surface area contributed by atoms with Gasteiger partial charge in [0.1, 0.15) is 0 Å². The fraction of sp³-hybridized carbons (Fsp3) is 0.750. The minimum atomic E-state index is -1.40. The molecule has 1 atom stereocenters. The molecular weight excluding hydrogens is 140 g/mol. The van der Waals surface area contributed by atoms with Crippen LogP contribution < -0.4 is 5.84 Å². The standard InChI is InChI=1S/C4H10N2O4/c1-10-4(8)3(7)2-6(5)9/h3,7,9H,2,5H2,1H3. The number of hydrogen-bond donors (Lipinski definition) is 3. The fourth-order valence-corrected chi connectivity index (χ4v) is 0.388. The maximum atomic E-state index is 10.4. The lowest BCUT2D eigenvalue weighted by molar-refractivity contribution is -0.162. The summed E-state index contributed by atoms with van der Waals surface area (Å²) in [7, 11) is 1.13. The summed E-state index contributed by atoms with van der Waals surface area (Å²) in [4.78, 5) is 10.4. The van der Waals surface area contributed by atoms with Gasteiger partial charge in [-0.1, -0.05) is 0 Å². The largest absolute Gasteiger partial charge is 0.467 e. The number of hydrazine groups is 1. The van der Waals surface area contributed by atoms with Gasteiger partial charge in [-0.2, -0.15) is 0 Å². The van der Waals surface area contributed by atoms with E-state index in [9.17, 15) is 4.79 Å². The van der Waals surface area contributed by atoms with Crippen LogP contribution in [0.5, 0.6) is 0 Å². The minimum Gasteiger partial charge on any atom is -0.467 e. The molecule has 10 heavy (non-hydrogen) atoms. The van der Waals surface area contributed by atoms with Gasteiger partial charge in [0, 0.05) is 0 Å². The van der Waals surface area contributed by atoms with Crippen molar-refractivity contribution in [2.75, 3.05) is 13.7 Å². The predicted molar refractivity (Wildman–Crippen MR) is 30.7 cm³/mol. The molecule has 0 saturated carbocycles. The van der Waals surface area contributed by atoms with Gasteiger partial charge in [0.2, 0.25) is 0 Å². The number of carbonyl (C=O) groups is 1. The molecule has 4 N–H and O–H groups in total. The summed E-state index contributed by atoms with van der Waals surface area (Å²) < 4.78 is 4.13. The van der Waals surface area contributed by atoms with E-state index in [0.29, 0.717) is 0 Å². The molecule has 0 bridgehead atoms. The Morgan fingerprint density at radius 3 is 2.70 bits per heavy atom. The van der Waals surface area contributed by atoms with E-state index in [0.717, 1.165) is 7.11 Å². The van der Waals surface area contributed by atoms with E-state index < -0.39 is 12.1 Å². The number of ether oxygens (including phenoxy) is 1. The van der Waals surface area contributed by atoms with Crippen molar-refractivity contribution in [2.45, 2.75) is 6.10 Å².